The van der Waals surface area contributed by atoms with Gasteiger partial charge in [-0.1, -0.05) is 42.5 Å². The van der Waals surface area contributed by atoms with Crippen molar-refractivity contribution in [3.8, 4) is 0 Å². The van der Waals surface area contributed by atoms with Gasteiger partial charge in [0.1, 0.15) is 10.8 Å². The molecule has 0 saturated heterocycles. The van der Waals surface area contributed by atoms with Gasteiger partial charge in [-0.2, -0.15) is 0 Å². The predicted octanol–water partition coefficient (Wildman–Crippen LogP) is 3.02. The Kier molecular flexibility index (Phi) is 3.99. The highest BCUT2D eigenvalue weighted by atomic mass is 32.1. The third-order valence-electron chi connectivity index (χ3n) is 3.94. The lowest BCUT2D eigenvalue weighted by molar-refractivity contribution is 0.245. The van der Waals surface area contributed by atoms with Gasteiger partial charge in [0.2, 0.25) is 0 Å². The fraction of sp³-hybridized carbons (Fsp3) is 0.235. The van der Waals surface area contributed by atoms with Crippen LogP contribution in [0.15, 0.2) is 42.5 Å². The fourth-order valence-electron chi connectivity index (χ4n) is 2.85. The molecule has 0 saturated carbocycles. The molecule has 0 atom stereocenters. The van der Waals surface area contributed by atoms with Gasteiger partial charge in [0.25, 0.3) is 0 Å². The largest absolute Gasteiger partial charge is 0.389 e. The quantitative estimate of drug-likeness (QED) is 0.884. The Labute approximate surface area is 129 Å². The van der Waals surface area contributed by atoms with Crippen molar-refractivity contribution in [3.05, 3.63) is 70.5 Å². The average Bonchev–Trinajstić information content (AvgIpc) is 2.49. The van der Waals surface area contributed by atoms with E-state index in [4.69, 9.17) is 18.0 Å². The zero-order valence-corrected chi connectivity index (χ0v) is 12.5. The van der Waals surface area contributed by atoms with E-state index in [1.54, 1.807) is 6.07 Å². The summed E-state index contributed by atoms with van der Waals surface area (Å²) in [6.45, 7) is 2.64. The van der Waals surface area contributed by atoms with E-state index in [0.717, 1.165) is 31.6 Å². The van der Waals surface area contributed by atoms with Crippen LogP contribution in [-0.2, 0) is 19.5 Å². The Morgan fingerprint density at radius 3 is 2.71 bits per heavy atom. The molecule has 2 aromatic rings. The van der Waals surface area contributed by atoms with Crippen LogP contribution < -0.4 is 5.73 Å². The predicted molar refractivity (Wildman–Crippen MR) is 86.5 cm³/mol. The monoisotopic (exact) mass is 300 g/mol. The van der Waals surface area contributed by atoms with Gasteiger partial charge in [0.05, 0.1) is 0 Å². The van der Waals surface area contributed by atoms with Crippen LogP contribution in [0, 0.1) is 5.82 Å². The summed E-state index contributed by atoms with van der Waals surface area (Å²) in [6, 6.07) is 13.2. The van der Waals surface area contributed by atoms with Crippen LogP contribution in [0.5, 0.6) is 0 Å². The molecule has 0 spiro atoms. The molecule has 21 heavy (non-hydrogen) atoms. The number of thiocarbonyl (C=S) groups is 1. The Bertz CT molecular complexity index is 684. The lowest BCUT2D eigenvalue weighted by Gasteiger charge is -2.29. The van der Waals surface area contributed by atoms with Crippen molar-refractivity contribution in [1.82, 2.24) is 4.90 Å². The zero-order valence-electron chi connectivity index (χ0n) is 11.7. The van der Waals surface area contributed by atoms with E-state index in [2.05, 4.69) is 29.2 Å². The van der Waals surface area contributed by atoms with Crippen molar-refractivity contribution >= 4 is 17.2 Å². The van der Waals surface area contributed by atoms with Gasteiger partial charge in [-0.3, -0.25) is 4.90 Å². The minimum atomic E-state index is -0.300. The van der Waals surface area contributed by atoms with Crippen molar-refractivity contribution in [2.45, 2.75) is 19.5 Å². The van der Waals surface area contributed by atoms with Crippen molar-refractivity contribution in [3.63, 3.8) is 0 Å². The maximum atomic E-state index is 13.4. The van der Waals surface area contributed by atoms with Gasteiger partial charge >= 0.3 is 0 Å². The van der Waals surface area contributed by atoms with Gasteiger partial charge < -0.3 is 5.73 Å². The topological polar surface area (TPSA) is 29.3 Å². The summed E-state index contributed by atoms with van der Waals surface area (Å²) < 4.78 is 13.4. The molecule has 2 nitrogen and oxygen atoms in total. The second kappa shape index (κ2) is 5.92. The average molecular weight is 300 g/mol. The van der Waals surface area contributed by atoms with Gasteiger partial charge in [-0.05, 0) is 35.2 Å². The second-order valence-corrected chi connectivity index (χ2v) is 5.83. The highest BCUT2D eigenvalue weighted by molar-refractivity contribution is 7.80. The molecule has 2 N–H and O–H groups in total. The first-order valence-corrected chi connectivity index (χ1v) is 7.41. The molecule has 3 rings (SSSR count). The Balaban J connectivity index is 1.81. The highest BCUT2D eigenvalue weighted by Gasteiger charge is 2.17. The number of nitrogens with two attached hydrogens (primary N) is 1. The molecule has 0 aliphatic carbocycles. The molecule has 1 heterocycles. The number of hydrogen-bond donors (Lipinski definition) is 1. The normalized spacial score (nSPS) is 14.7. The molecule has 1 aliphatic rings. The molecular formula is C17H17FN2S. The van der Waals surface area contributed by atoms with Crippen molar-refractivity contribution in [2.75, 3.05) is 6.54 Å². The summed E-state index contributed by atoms with van der Waals surface area (Å²) in [4.78, 5) is 2.60. The molecule has 4 heteroatoms. The number of fused-ring (bicyclic) bond motifs is 1. The molecular weight excluding hydrogens is 283 g/mol. The maximum Gasteiger partial charge on any atom is 0.123 e. The maximum absolute atomic E-state index is 13.4. The minimum Gasteiger partial charge on any atom is -0.389 e. The first-order valence-electron chi connectivity index (χ1n) is 7.01. The molecule has 108 valence electrons. The summed E-state index contributed by atoms with van der Waals surface area (Å²) in [5, 5.41) is 0. The summed E-state index contributed by atoms with van der Waals surface area (Å²) in [6.07, 6.45) is 1.04. The van der Waals surface area contributed by atoms with Gasteiger partial charge in [0, 0.05) is 25.2 Å². The first-order chi connectivity index (χ1) is 10.1. The lowest BCUT2D eigenvalue weighted by Crippen LogP contribution is -2.30. The van der Waals surface area contributed by atoms with E-state index in [9.17, 15) is 4.39 Å². The smallest absolute Gasteiger partial charge is 0.123 e. The summed E-state index contributed by atoms with van der Waals surface area (Å²) >= 11 is 5.03. The summed E-state index contributed by atoms with van der Waals surface area (Å²) in [5.41, 5.74) is 10.1. The van der Waals surface area contributed by atoms with E-state index in [1.807, 2.05) is 0 Å². The molecule has 0 unspecified atom stereocenters. The minimum absolute atomic E-state index is 0.252. The first kappa shape index (κ1) is 14.2. The lowest BCUT2D eigenvalue weighted by atomic mass is 9.99. The highest BCUT2D eigenvalue weighted by Crippen LogP contribution is 2.21. The summed E-state index contributed by atoms with van der Waals surface area (Å²) in [7, 11) is 0. The van der Waals surface area contributed by atoms with Crippen LogP contribution in [0.2, 0.25) is 0 Å². The van der Waals surface area contributed by atoms with E-state index in [1.165, 1.54) is 23.3 Å². The van der Waals surface area contributed by atoms with Crippen LogP contribution >= 0.6 is 12.2 Å². The molecule has 1 aliphatic heterocycles. The SMILES string of the molecule is NC(=S)c1cc(F)ccc1CN1CCc2ccccc2C1. The van der Waals surface area contributed by atoms with Crippen LogP contribution in [0.1, 0.15) is 22.3 Å². The fourth-order valence-corrected chi connectivity index (χ4v) is 3.04. The van der Waals surface area contributed by atoms with Crippen LogP contribution in [0.3, 0.4) is 0 Å². The van der Waals surface area contributed by atoms with Crippen molar-refractivity contribution < 1.29 is 4.39 Å². The number of benzene rings is 2. The molecule has 2 aromatic carbocycles. The Morgan fingerprint density at radius 1 is 1.19 bits per heavy atom. The van der Waals surface area contributed by atoms with E-state index in [-0.39, 0.29) is 10.8 Å². The molecule has 0 bridgehead atoms. The summed E-state index contributed by atoms with van der Waals surface area (Å²) in [5.74, 6) is -0.300. The molecule has 0 fully saturated rings. The van der Waals surface area contributed by atoms with E-state index >= 15 is 0 Å². The zero-order chi connectivity index (χ0) is 14.8. The molecule has 0 amide bonds. The van der Waals surface area contributed by atoms with Crippen LogP contribution in [0.4, 0.5) is 4.39 Å². The Hall–Kier alpha value is -1.78. The van der Waals surface area contributed by atoms with Crippen molar-refractivity contribution in [2.24, 2.45) is 5.73 Å². The van der Waals surface area contributed by atoms with Crippen LogP contribution in [0.25, 0.3) is 0 Å². The van der Waals surface area contributed by atoms with Gasteiger partial charge in [-0.25, -0.2) is 4.39 Å². The molecule has 0 aromatic heterocycles. The van der Waals surface area contributed by atoms with Crippen LogP contribution in [-0.4, -0.2) is 16.4 Å². The standard InChI is InChI=1S/C17H17FN2S/c18-15-6-5-14(16(9-15)17(19)21)11-20-8-7-12-3-1-2-4-13(12)10-20/h1-6,9H,7-8,10-11H2,(H2,19,21). The second-order valence-electron chi connectivity index (χ2n) is 5.40. The van der Waals surface area contributed by atoms with Gasteiger partial charge in [-0.15, -0.1) is 0 Å². The van der Waals surface area contributed by atoms with Gasteiger partial charge in [0.15, 0.2) is 0 Å². The number of halogens is 1. The third-order valence-corrected chi connectivity index (χ3v) is 4.16. The third kappa shape index (κ3) is 3.12. The van der Waals surface area contributed by atoms with E-state index in [0.29, 0.717) is 5.56 Å². The van der Waals surface area contributed by atoms with E-state index < -0.39 is 0 Å². The number of rotatable bonds is 3. The Morgan fingerprint density at radius 2 is 1.95 bits per heavy atom. The number of nitrogens with zero attached hydrogens (tertiary/aromatic N) is 1. The number of hydrogen-bond acceptors (Lipinski definition) is 2. The van der Waals surface area contributed by atoms with Crippen molar-refractivity contribution in [1.29, 1.82) is 0 Å². The molecule has 0 radical (unpaired) electrons.